The highest BCUT2D eigenvalue weighted by molar-refractivity contribution is 5.84. The molecule has 3 nitrogen and oxygen atoms in total. The molecule has 118 valence electrons. The van der Waals surface area contributed by atoms with Gasteiger partial charge in [-0.2, -0.15) is 0 Å². The lowest BCUT2D eigenvalue weighted by Gasteiger charge is -2.22. The fourth-order valence-electron chi connectivity index (χ4n) is 2.48. The SMILES string of the molecule is Cc1ccc(Oc2ccc3cc([C@@](C)(N)CO)ccc3c2)cc1. The van der Waals surface area contributed by atoms with Crippen LogP contribution in [0.25, 0.3) is 10.8 Å². The highest BCUT2D eigenvalue weighted by Gasteiger charge is 2.19. The monoisotopic (exact) mass is 307 g/mol. The molecule has 0 amide bonds. The number of benzene rings is 3. The number of aliphatic hydroxyl groups is 1. The minimum absolute atomic E-state index is 0.0902. The Hall–Kier alpha value is -2.36. The largest absolute Gasteiger partial charge is 0.457 e. The van der Waals surface area contributed by atoms with E-state index >= 15 is 0 Å². The summed E-state index contributed by atoms with van der Waals surface area (Å²) in [6.45, 7) is 3.78. The van der Waals surface area contributed by atoms with Crippen LogP contribution in [-0.4, -0.2) is 11.7 Å². The number of aliphatic hydroxyl groups excluding tert-OH is 1. The van der Waals surface area contributed by atoms with E-state index in [1.807, 2.05) is 67.6 Å². The molecule has 0 aliphatic heterocycles. The van der Waals surface area contributed by atoms with Crippen molar-refractivity contribution in [3.05, 3.63) is 71.8 Å². The first-order chi connectivity index (χ1) is 11.0. The van der Waals surface area contributed by atoms with E-state index in [-0.39, 0.29) is 6.61 Å². The van der Waals surface area contributed by atoms with E-state index in [1.165, 1.54) is 5.56 Å². The molecular formula is C20H21NO2. The zero-order valence-electron chi connectivity index (χ0n) is 13.4. The molecule has 0 bridgehead atoms. The Bertz CT molecular complexity index is 823. The summed E-state index contributed by atoms with van der Waals surface area (Å²) in [7, 11) is 0. The fourth-order valence-corrected chi connectivity index (χ4v) is 2.48. The van der Waals surface area contributed by atoms with E-state index in [2.05, 4.69) is 6.92 Å². The van der Waals surface area contributed by atoms with Crippen molar-refractivity contribution in [3.63, 3.8) is 0 Å². The summed E-state index contributed by atoms with van der Waals surface area (Å²) in [6.07, 6.45) is 0. The zero-order valence-corrected chi connectivity index (χ0v) is 13.4. The summed E-state index contributed by atoms with van der Waals surface area (Å²) in [5, 5.41) is 11.6. The van der Waals surface area contributed by atoms with Gasteiger partial charge >= 0.3 is 0 Å². The van der Waals surface area contributed by atoms with E-state index < -0.39 is 5.54 Å². The molecule has 23 heavy (non-hydrogen) atoms. The predicted molar refractivity (Wildman–Crippen MR) is 93.8 cm³/mol. The molecule has 1 atom stereocenters. The van der Waals surface area contributed by atoms with Crippen molar-refractivity contribution >= 4 is 10.8 Å². The first-order valence-electron chi connectivity index (χ1n) is 7.66. The second-order valence-electron chi connectivity index (χ2n) is 6.21. The molecule has 0 aromatic heterocycles. The lowest BCUT2D eigenvalue weighted by Crippen LogP contribution is -2.36. The predicted octanol–water partition coefficient (Wildman–Crippen LogP) is 4.11. The quantitative estimate of drug-likeness (QED) is 0.762. The Morgan fingerprint density at radius 1 is 0.913 bits per heavy atom. The topological polar surface area (TPSA) is 55.5 Å². The molecule has 0 spiro atoms. The lowest BCUT2D eigenvalue weighted by atomic mass is 9.92. The molecular weight excluding hydrogens is 286 g/mol. The van der Waals surface area contributed by atoms with E-state index in [9.17, 15) is 5.11 Å². The Kier molecular flexibility index (Phi) is 4.07. The average Bonchev–Trinajstić information content (AvgIpc) is 2.56. The Balaban J connectivity index is 1.90. The normalized spacial score (nSPS) is 13.7. The Morgan fingerprint density at radius 3 is 2.22 bits per heavy atom. The maximum Gasteiger partial charge on any atom is 0.128 e. The number of nitrogens with two attached hydrogens (primary N) is 1. The molecule has 0 unspecified atom stereocenters. The third-order valence-corrected chi connectivity index (χ3v) is 4.06. The summed E-state index contributed by atoms with van der Waals surface area (Å²) in [6, 6.07) is 19.9. The molecule has 0 saturated carbocycles. The van der Waals surface area contributed by atoms with Crippen LogP contribution in [0.4, 0.5) is 0 Å². The molecule has 0 fully saturated rings. The minimum atomic E-state index is -0.731. The van der Waals surface area contributed by atoms with Crippen molar-refractivity contribution in [3.8, 4) is 11.5 Å². The van der Waals surface area contributed by atoms with Gasteiger partial charge in [-0.15, -0.1) is 0 Å². The molecule has 3 rings (SSSR count). The molecule has 0 aliphatic carbocycles. The van der Waals surface area contributed by atoms with Crippen LogP contribution in [0.3, 0.4) is 0 Å². The highest BCUT2D eigenvalue weighted by atomic mass is 16.5. The van der Waals surface area contributed by atoms with E-state index in [4.69, 9.17) is 10.5 Å². The molecule has 0 aliphatic rings. The van der Waals surface area contributed by atoms with Crippen molar-refractivity contribution in [2.45, 2.75) is 19.4 Å². The number of fused-ring (bicyclic) bond motifs is 1. The van der Waals surface area contributed by atoms with Gasteiger partial charge in [-0.1, -0.05) is 35.9 Å². The van der Waals surface area contributed by atoms with Crippen LogP contribution in [0.5, 0.6) is 11.5 Å². The summed E-state index contributed by atoms with van der Waals surface area (Å²) >= 11 is 0. The minimum Gasteiger partial charge on any atom is -0.457 e. The van der Waals surface area contributed by atoms with E-state index in [0.29, 0.717) is 0 Å². The molecule has 0 saturated heterocycles. The second-order valence-corrected chi connectivity index (χ2v) is 6.21. The van der Waals surface area contributed by atoms with E-state index in [0.717, 1.165) is 27.8 Å². The maximum absolute atomic E-state index is 9.40. The maximum atomic E-state index is 9.40. The highest BCUT2D eigenvalue weighted by Crippen LogP contribution is 2.28. The number of rotatable bonds is 4. The van der Waals surface area contributed by atoms with Crippen LogP contribution in [0.1, 0.15) is 18.1 Å². The van der Waals surface area contributed by atoms with Crippen LogP contribution >= 0.6 is 0 Å². The number of aryl methyl sites for hydroxylation is 1. The first kappa shape index (κ1) is 15.5. The standard InChI is InChI=1S/C20H21NO2/c1-14-3-8-18(9-4-14)23-19-10-6-15-11-17(20(2,21)13-22)7-5-16(15)12-19/h3-12,22H,13,21H2,1-2H3/t20-/m0/s1. The van der Waals surface area contributed by atoms with Crippen molar-refractivity contribution in [1.82, 2.24) is 0 Å². The van der Waals surface area contributed by atoms with Gasteiger partial charge in [0, 0.05) is 0 Å². The van der Waals surface area contributed by atoms with Gasteiger partial charge in [0.15, 0.2) is 0 Å². The van der Waals surface area contributed by atoms with Gasteiger partial charge in [-0.25, -0.2) is 0 Å². The third kappa shape index (κ3) is 3.36. The van der Waals surface area contributed by atoms with Crippen LogP contribution < -0.4 is 10.5 Å². The van der Waals surface area contributed by atoms with Crippen molar-refractivity contribution in [2.75, 3.05) is 6.61 Å². The summed E-state index contributed by atoms with van der Waals surface area (Å²) < 4.78 is 5.90. The van der Waals surface area contributed by atoms with Gasteiger partial charge in [0.2, 0.25) is 0 Å². The second kappa shape index (κ2) is 6.03. The van der Waals surface area contributed by atoms with Gasteiger partial charge in [-0.3, -0.25) is 0 Å². The van der Waals surface area contributed by atoms with Gasteiger partial charge < -0.3 is 15.6 Å². The lowest BCUT2D eigenvalue weighted by molar-refractivity contribution is 0.210. The smallest absolute Gasteiger partial charge is 0.128 e. The van der Waals surface area contributed by atoms with Gasteiger partial charge in [-0.05, 0) is 60.5 Å². The van der Waals surface area contributed by atoms with Crippen LogP contribution in [0, 0.1) is 6.92 Å². The molecule has 3 heteroatoms. The van der Waals surface area contributed by atoms with Gasteiger partial charge in [0.05, 0.1) is 12.1 Å². The first-order valence-corrected chi connectivity index (χ1v) is 7.66. The van der Waals surface area contributed by atoms with Crippen molar-refractivity contribution in [1.29, 1.82) is 0 Å². The van der Waals surface area contributed by atoms with E-state index in [1.54, 1.807) is 0 Å². The van der Waals surface area contributed by atoms with Gasteiger partial charge in [0.1, 0.15) is 11.5 Å². The molecule has 3 aromatic rings. The van der Waals surface area contributed by atoms with Gasteiger partial charge in [0.25, 0.3) is 0 Å². The molecule has 0 heterocycles. The average molecular weight is 307 g/mol. The summed E-state index contributed by atoms with van der Waals surface area (Å²) in [5.74, 6) is 1.62. The van der Waals surface area contributed by atoms with Crippen molar-refractivity contribution in [2.24, 2.45) is 5.73 Å². The third-order valence-electron chi connectivity index (χ3n) is 4.06. The number of ether oxygens (including phenoxy) is 1. The Labute approximate surface area is 136 Å². The van der Waals surface area contributed by atoms with Crippen LogP contribution in [0.15, 0.2) is 60.7 Å². The zero-order chi connectivity index (χ0) is 16.4. The van der Waals surface area contributed by atoms with Crippen LogP contribution in [0.2, 0.25) is 0 Å². The number of hydrogen-bond acceptors (Lipinski definition) is 3. The Morgan fingerprint density at radius 2 is 1.52 bits per heavy atom. The molecule has 3 aromatic carbocycles. The number of hydrogen-bond donors (Lipinski definition) is 2. The molecule has 0 radical (unpaired) electrons. The van der Waals surface area contributed by atoms with Crippen molar-refractivity contribution < 1.29 is 9.84 Å². The van der Waals surface area contributed by atoms with Crippen LogP contribution in [-0.2, 0) is 5.54 Å². The summed E-state index contributed by atoms with van der Waals surface area (Å²) in [4.78, 5) is 0. The fraction of sp³-hybridized carbons (Fsp3) is 0.200. The summed E-state index contributed by atoms with van der Waals surface area (Å²) in [5.41, 5.74) is 7.49. The molecule has 3 N–H and O–H groups in total.